The van der Waals surface area contributed by atoms with E-state index in [0.717, 1.165) is 5.56 Å². The fraction of sp³-hybridized carbons (Fsp3) is 0.462. The van der Waals surface area contributed by atoms with Gasteiger partial charge in [-0.05, 0) is 25.3 Å². The van der Waals surface area contributed by atoms with Crippen molar-refractivity contribution < 1.29 is 9.90 Å². The van der Waals surface area contributed by atoms with Crippen LogP contribution < -0.4 is 11.1 Å². The summed E-state index contributed by atoms with van der Waals surface area (Å²) in [6.07, 6.45) is 0.672. The lowest BCUT2D eigenvalue weighted by Crippen LogP contribution is -2.42. The van der Waals surface area contributed by atoms with Crippen LogP contribution in [0.25, 0.3) is 0 Å². The molecule has 0 aliphatic carbocycles. The fourth-order valence-corrected chi connectivity index (χ4v) is 1.50. The Kier molecular flexibility index (Phi) is 5.66. The van der Waals surface area contributed by atoms with Gasteiger partial charge in [-0.1, -0.05) is 30.3 Å². The molecule has 0 spiro atoms. The minimum absolute atomic E-state index is 0.172. The third-order valence-electron chi connectivity index (χ3n) is 2.50. The first kappa shape index (κ1) is 13.7. The number of rotatable bonds is 6. The highest BCUT2D eigenvalue weighted by Gasteiger charge is 2.13. The molecular formula is C13H20N2O2. The number of nitrogens with one attached hydrogen (secondary N) is 1. The van der Waals surface area contributed by atoms with Crippen LogP contribution in [0.5, 0.6) is 0 Å². The topological polar surface area (TPSA) is 75.3 Å². The largest absolute Gasteiger partial charge is 0.393 e. The van der Waals surface area contributed by atoms with E-state index in [1.807, 2.05) is 30.3 Å². The van der Waals surface area contributed by atoms with Crippen LogP contribution in [0.3, 0.4) is 0 Å². The van der Waals surface area contributed by atoms with Crippen molar-refractivity contribution >= 4 is 5.91 Å². The van der Waals surface area contributed by atoms with Crippen molar-refractivity contribution in [2.75, 3.05) is 6.54 Å². The SMILES string of the molecule is C[C@@H](O)CCNC(=O)[C@@H](N)Cc1ccccc1. The summed E-state index contributed by atoms with van der Waals surface area (Å²) < 4.78 is 0. The van der Waals surface area contributed by atoms with Gasteiger partial charge in [0.25, 0.3) is 0 Å². The zero-order chi connectivity index (χ0) is 12.7. The Hall–Kier alpha value is -1.39. The minimum Gasteiger partial charge on any atom is -0.393 e. The lowest BCUT2D eigenvalue weighted by Gasteiger charge is -2.12. The number of aliphatic hydroxyl groups excluding tert-OH is 1. The summed E-state index contributed by atoms with van der Waals surface area (Å²) in [7, 11) is 0. The summed E-state index contributed by atoms with van der Waals surface area (Å²) in [6, 6.07) is 9.14. The van der Waals surface area contributed by atoms with Crippen LogP contribution in [0.4, 0.5) is 0 Å². The van der Waals surface area contributed by atoms with Crippen LogP contribution in [-0.2, 0) is 11.2 Å². The van der Waals surface area contributed by atoms with Crippen molar-refractivity contribution in [3.05, 3.63) is 35.9 Å². The van der Waals surface area contributed by atoms with Crippen molar-refractivity contribution in [2.45, 2.75) is 31.9 Å². The summed E-state index contributed by atoms with van der Waals surface area (Å²) in [4.78, 5) is 11.6. The molecule has 17 heavy (non-hydrogen) atoms. The number of amides is 1. The molecule has 94 valence electrons. The van der Waals surface area contributed by atoms with Gasteiger partial charge in [0.1, 0.15) is 0 Å². The number of nitrogens with two attached hydrogens (primary N) is 1. The average molecular weight is 236 g/mol. The van der Waals surface area contributed by atoms with Crippen molar-refractivity contribution in [3.63, 3.8) is 0 Å². The number of carbonyl (C=O) groups excluding carboxylic acids is 1. The van der Waals surface area contributed by atoms with Gasteiger partial charge in [0, 0.05) is 6.54 Å². The van der Waals surface area contributed by atoms with Gasteiger partial charge in [0.15, 0.2) is 0 Å². The van der Waals surface area contributed by atoms with E-state index in [1.165, 1.54) is 0 Å². The first-order valence-corrected chi connectivity index (χ1v) is 5.85. The Labute approximate surface area is 102 Å². The molecule has 0 fully saturated rings. The van der Waals surface area contributed by atoms with Gasteiger partial charge < -0.3 is 16.2 Å². The third kappa shape index (κ3) is 5.47. The van der Waals surface area contributed by atoms with E-state index >= 15 is 0 Å². The molecule has 1 aromatic carbocycles. The zero-order valence-electron chi connectivity index (χ0n) is 10.1. The molecule has 1 rings (SSSR count). The second-order valence-electron chi connectivity index (χ2n) is 4.22. The fourth-order valence-electron chi connectivity index (χ4n) is 1.50. The maximum absolute atomic E-state index is 11.6. The van der Waals surface area contributed by atoms with Crippen LogP contribution in [0.2, 0.25) is 0 Å². The Bertz CT molecular complexity index is 339. The zero-order valence-corrected chi connectivity index (χ0v) is 10.1. The maximum atomic E-state index is 11.6. The molecule has 0 radical (unpaired) electrons. The molecular weight excluding hydrogens is 216 g/mol. The lowest BCUT2D eigenvalue weighted by atomic mass is 10.1. The summed E-state index contributed by atoms with van der Waals surface area (Å²) in [5, 5.41) is 11.8. The Morgan fingerprint density at radius 2 is 2.06 bits per heavy atom. The second-order valence-corrected chi connectivity index (χ2v) is 4.22. The monoisotopic (exact) mass is 236 g/mol. The highest BCUT2D eigenvalue weighted by molar-refractivity contribution is 5.81. The molecule has 1 aromatic rings. The average Bonchev–Trinajstić information content (AvgIpc) is 2.29. The summed E-state index contributed by atoms with van der Waals surface area (Å²) in [5.74, 6) is -0.172. The number of aliphatic hydroxyl groups is 1. The van der Waals surface area contributed by atoms with E-state index in [9.17, 15) is 4.79 Å². The summed E-state index contributed by atoms with van der Waals surface area (Å²) in [5.41, 5.74) is 6.84. The van der Waals surface area contributed by atoms with E-state index < -0.39 is 12.1 Å². The third-order valence-corrected chi connectivity index (χ3v) is 2.50. The number of hydrogen-bond acceptors (Lipinski definition) is 3. The molecule has 0 heterocycles. The minimum atomic E-state index is -0.536. The predicted molar refractivity (Wildman–Crippen MR) is 67.4 cm³/mol. The van der Waals surface area contributed by atoms with E-state index in [0.29, 0.717) is 19.4 Å². The van der Waals surface area contributed by atoms with E-state index in [-0.39, 0.29) is 5.91 Å². The number of benzene rings is 1. The molecule has 0 bridgehead atoms. The molecule has 4 N–H and O–H groups in total. The molecule has 4 heteroatoms. The van der Waals surface area contributed by atoms with Crippen molar-refractivity contribution in [2.24, 2.45) is 5.73 Å². The maximum Gasteiger partial charge on any atom is 0.237 e. The molecule has 0 aliphatic rings. The van der Waals surface area contributed by atoms with Gasteiger partial charge in [-0.15, -0.1) is 0 Å². The first-order valence-electron chi connectivity index (χ1n) is 5.85. The predicted octanol–water partition coefficient (Wildman–Crippen LogP) is 0.444. The Morgan fingerprint density at radius 1 is 1.41 bits per heavy atom. The van der Waals surface area contributed by atoms with E-state index in [1.54, 1.807) is 6.92 Å². The van der Waals surface area contributed by atoms with Crippen LogP contribution >= 0.6 is 0 Å². The molecule has 0 aliphatic heterocycles. The van der Waals surface area contributed by atoms with Crippen molar-refractivity contribution in [1.29, 1.82) is 0 Å². The van der Waals surface area contributed by atoms with Gasteiger partial charge in [-0.25, -0.2) is 0 Å². The van der Waals surface area contributed by atoms with Gasteiger partial charge in [-0.3, -0.25) is 4.79 Å². The normalized spacial score (nSPS) is 14.1. The number of hydrogen-bond donors (Lipinski definition) is 3. The standard InChI is InChI=1S/C13H20N2O2/c1-10(16)7-8-15-13(17)12(14)9-11-5-3-2-4-6-11/h2-6,10,12,16H,7-9,14H2,1H3,(H,15,17)/t10-,12+/m1/s1. The smallest absolute Gasteiger partial charge is 0.237 e. The van der Waals surface area contributed by atoms with Gasteiger partial charge in [0.05, 0.1) is 12.1 Å². The number of carbonyl (C=O) groups is 1. The quantitative estimate of drug-likeness (QED) is 0.671. The highest BCUT2D eigenvalue weighted by Crippen LogP contribution is 2.01. The van der Waals surface area contributed by atoms with Crippen LogP contribution in [0, 0.1) is 0 Å². The molecule has 0 unspecified atom stereocenters. The first-order chi connectivity index (χ1) is 8.09. The second kappa shape index (κ2) is 7.04. The van der Waals surface area contributed by atoms with Gasteiger partial charge in [0.2, 0.25) is 5.91 Å². The van der Waals surface area contributed by atoms with Crippen LogP contribution in [-0.4, -0.2) is 29.7 Å². The Balaban J connectivity index is 2.32. The summed E-state index contributed by atoms with van der Waals surface area (Å²) in [6.45, 7) is 2.15. The van der Waals surface area contributed by atoms with E-state index in [4.69, 9.17) is 10.8 Å². The molecule has 2 atom stereocenters. The van der Waals surface area contributed by atoms with Crippen LogP contribution in [0.15, 0.2) is 30.3 Å². The lowest BCUT2D eigenvalue weighted by molar-refractivity contribution is -0.122. The molecule has 1 amide bonds. The van der Waals surface area contributed by atoms with Crippen molar-refractivity contribution in [1.82, 2.24) is 5.32 Å². The molecule has 0 aromatic heterocycles. The molecule has 0 saturated carbocycles. The highest BCUT2D eigenvalue weighted by atomic mass is 16.3. The van der Waals surface area contributed by atoms with Crippen molar-refractivity contribution in [3.8, 4) is 0 Å². The summed E-state index contributed by atoms with van der Waals surface area (Å²) >= 11 is 0. The molecule has 0 saturated heterocycles. The Morgan fingerprint density at radius 3 is 2.65 bits per heavy atom. The van der Waals surface area contributed by atoms with Gasteiger partial charge >= 0.3 is 0 Å². The van der Waals surface area contributed by atoms with E-state index in [2.05, 4.69) is 5.32 Å². The van der Waals surface area contributed by atoms with Gasteiger partial charge in [-0.2, -0.15) is 0 Å². The van der Waals surface area contributed by atoms with Crippen LogP contribution in [0.1, 0.15) is 18.9 Å². The molecule has 4 nitrogen and oxygen atoms in total.